The monoisotopic (exact) mass is 968 g/mol. The van der Waals surface area contributed by atoms with Crippen LogP contribution in [0, 0.1) is 0 Å². The first-order chi connectivity index (χ1) is 34.9. The number of nitrogens with zero attached hydrogens (tertiary/aromatic N) is 4. The molecule has 0 aliphatic heterocycles. The highest BCUT2D eigenvalue weighted by Crippen LogP contribution is 2.58. The molecule has 72 heavy (non-hydrogen) atoms. The average Bonchev–Trinajstić information content (AvgIpc) is 3.97. The van der Waals surface area contributed by atoms with Crippen LogP contribution < -0.4 is 0 Å². The van der Waals surface area contributed by atoms with Crippen molar-refractivity contribution < 1.29 is 51.1 Å². The summed E-state index contributed by atoms with van der Waals surface area (Å²) in [5.74, 6) is -8.61. The van der Waals surface area contributed by atoms with E-state index in [4.69, 9.17) is 15.0 Å². The molecule has 0 saturated carbocycles. The lowest BCUT2D eigenvalue weighted by Crippen LogP contribution is -2.00. The number of thiophene rings is 1. The first-order valence-electron chi connectivity index (χ1n) is 22.3. The van der Waals surface area contributed by atoms with Crippen LogP contribution in [0.4, 0.5) is 0 Å². The first kappa shape index (κ1) is 43.3. The Balaban J connectivity index is 1.08. The molecule has 350 valence electrons. The lowest BCUT2D eigenvalue weighted by atomic mass is 9.95. The van der Waals surface area contributed by atoms with Crippen molar-refractivity contribution >= 4 is 53.3 Å². The molecular weight excluding hydrogens is 933 g/mol. The molecular formula is C57H36N4O10S. The van der Waals surface area contributed by atoms with E-state index in [1.54, 1.807) is 30.3 Å². The van der Waals surface area contributed by atoms with Gasteiger partial charge in [-0.05, 0) is 52.6 Å². The molecule has 0 saturated heterocycles. The Labute approximate surface area is 410 Å². The summed E-state index contributed by atoms with van der Waals surface area (Å²) in [5, 5.41) is 110. The van der Waals surface area contributed by atoms with Crippen molar-refractivity contribution in [1.82, 2.24) is 19.5 Å². The number of hydrogen-bond donors (Lipinski definition) is 10. The third-order valence-corrected chi connectivity index (χ3v) is 14.2. The molecule has 0 spiro atoms. The van der Waals surface area contributed by atoms with Gasteiger partial charge in [0.15, 0.2) is 40.5 Å². The number of aromatic nitrogens is 4. The topological polar surface area (TPSA) is 246 Å². The Morgan fingerprint density at radius 2 is 0.833 bits per heavy atom. The third kappa shape index (κ3) is 6.59. The summed E-state index contributed by atoms with van der Waals surface area (Å²) in [6.07, 6.45) is 0. The van der Waals surface area contributed by atoms with Crippen molar-refractivity contribution in [3.63, 3.8) is 0 Å². The van der Waals surface area contributed by atoms with Gasteiger partial charge in [0.05, 0.1) is 32.5 Å². The van der Waals surface area contributed by atoms with E-state index in [1.165, 1.54) is 17.4 Å². The molecule has 9 aromatic carbocycles. The van der Waals surface area contributed by atoms with Crippen LogP contribution in [0.2, 0.25) is 0 Å². The van der Waals surface area contributed by atoms with Gasteiger partial charge in [-0.1, -0.05) is 127 Å². The molecule has 0 radical (unpaired) electrons. The van der Waals surface area contributed by atoms with E-state index < -0.39 is 57.5 Å². The predicted molar refractivity (Wildman–Crippen MR) is 276 cm³/mol. The zero-order chi connectivity index (χ0) is 49.7. The van der Waals surface area contributed by atoms with Crippen LogP contribution in [-0.4, -0.2) is 70.6 Å². The molecule has 0 aliphatic rings. The van der Waals surface area contributed by atoms with Crippen LogP contribution in [0.3, 0.4) is 0 Å². The zero-order valence-corrected chi connectivity index (χ0v) is 38.0. The highest BCUT2D eigenvalue weighted by molar-refractivity contribution is 7.26. The van der Waals surface area contributed by atoms with Gasteiger partial charge in [-0.25, -0.2) is 15.0 Å². The minimum Gasteiger partial charge on any atom is -0.504 e. The second kappa shape index (κ2) is 16.3. The number of benzene rings is 9. The fraction of sp³-hybridized carbons (Fsp3) is 0. The van der Waals surface area contributed by atoms with Crippen molar-refractivity contribution in [2.75, 3.05) is 0 Å². The Morgan fingerprint density at radius 1 is 0.333 bits per heavy atom. The number of aromatic hydroxyl groups is 10. The molecule has 0 fully saturated rings. The highest BCUT2D eigenvalue weighted by atomic mass is 32.1. The molecule has 0 unspecified atom stereocenters. The van der Waals surface area contributed by atoms with Crippen LogP contribution >= 0.6 is 11.3 Å². The molecule has 0 atom stereocenters. The van der Waals surface area contributed by atoms with E-state index in [2.05, 4.69) is 18.2 Å². The second-order valence-corrected chi connectivity index (χ2v) is 18.1. The molecule has 3 aromatic heterocycles. The molecule has 0 bridgehead atoms. The number of rotatable bonds is 7. The van der Waals surface area contributed by atoms with Gasteiger partial charge in [-0.3, -0.25) is 0 Å². The highest BCUT2D eigenvalue weighted by Gasteiger charge is 2.29. The minimum atomic E-state index is -1.12. The van der Waals surface area contributed by atoms with E-state index in [0.29, 0.717) is 45.0 Å². The quantitative estimate of drug-likeness (QED) is 0.0528. The molecule has 12 rings (SSSR count). The van der Waals surface area contributed by atoms with Crippen LogP contribution in [0.5, 0.6) is 57.5 Å². The van der Waals surface area contributed by atoms with Crippen LogP contribution in [-0.2, 0) is 0 Å². The number of phenolic OH excluding ortho intramolecular Hbond substituents is 10. The largest absolute Gasteiger partial charge is 0.504 e. The summed E-state index contributed by atoms with van der Waals surface area (Å²) in [5.41, 5.74) is 5.47. The number of phenols is 10. The maximum atomic E-state index is 11.2. The fourth-order valence-corrected chi connectivity index (χ4v) is 10.8. The SMILES string of the molecule is Oc1c(O)c(O)c(-c2ccc3c4c(-c5c(O)c(O)c(O)c(O)c5O)cccc4n(-c4cccc5c4sc4cc(-c6nc(-c7ccccc7)nc(-c7cccc(-c8ccccc8)c7)n6)ccc45)c3c2)c(O)c1O. The van der Waals surface area contributed by atoms with Gasteiger partial charge < -0.3 is 55.6 Å². The molecule has 0 amide bonds. The van der Waals surface area contributed by atoms with Gasteiger partial charge in [-0.2, -0.15) is 0 Å². The number of fused-ring (bicyclic) bond motifs is 6. The molecule has 0 aliphatic carbocycles. The molecule has 15 heteroatoms. The zero-order valence-electron chi connectivity index (χ0n) is 37.2. The van der Waals surface area contributed by atoms with Crippen molar-refractivity contribution in [2.24, 2.45) is 0 Å². The molecule has 3 heterocycles. The molecule has 14 nitrogen and oxygen atoms in total. The van der Waals surface area contributed by atoms with Gasteiger partial charge >= 0.3 is 0 Å². The summed E-state index contributed by atoms with van der Waals surface area (Å²) in [4.78, 5) is 15.0. The van der Waals surface area contributed by atoms with Gasteiger partial charge in [-0.15, -0.1) is 11.3 Å². The summed E-state index contributed by atoms with van der Waals surface area (Å²) >= 11 is 1.50. The normalized spacial score (nSPS) is 11.6. The first-order valence-corrected chi connectivity index (χ1v) is 23.1. The van der Waals surface area contributed by atoms with E-state index in [1.807, 2.05) is 108 Å². The Kier molecular flexibility index (Phi) is 9.82. The van der Waals surface area contributed by atoms with Gasteiger partial charge in [0, 0.05) is 42.9 Å². The maximum absolute atomic E-state index is 11.2. The van der Waals surface area contributed by atoms with E-state index in [9.17, 15) is 51.1 Å². The fourth-order valence-electron chi connectivity index (χ4n) is 9.51. The van der Waals surface area contributed by atoms with E-state index in [0.717, 1.165) is 48.0 Å². The Morgan fingerprint density at radius 3 is 1.49 bits per heavy atom. The molecule has 12 aromatic rings. The van der Waals surface area contributed by atoms with Gasteiger partial charge in [0.2, 0.25) is 34.5 Å². The van der Waals surface area contributed by atoms with Crippen molar-refractivity contribution in [3.05, 3.63) is 158 Å². The summed E-state index contributed by atoms with van der Waals surface area (Å²) in [6, 6.07) is 49.3. The Bertz CT molecular complexity index is 4180. The maximum Gasteiger partial charge on any atom is 0.208 e. The standard InChI is InChI=1S/C57H36N4O10S/c62-44-41(45(63)49(67)52(70)48(44)66)30-20-23-35-39(25-30)61(37-18-9-17-36(42(35)37)43-46(64)50(68)53(71)51(69)47(43)65)38-19-8-16-34-33-22-21-32(26-40(33)72-54(34)38)57-59-55(28-12-5-2-6-13-28)58-56(60-57)31-15-7-14-29(24-31)27-10-3-1-4-11-27/h1-26,62-71H. The van der Waals surface area contributed by atoms with E-state index in [-0.39, 0.29) is 22.3 Å². The summed E-state index contributed by atoms with van der Waals surface area (Å²) < 4.78 is 3.59. The van der Waals surface area contributed by atoms with E-state index >= 15 is 0 Å². The van der Waals surface area contributed by atoms with Crippen LogP contribution in [0.1, 0.15) is 0 Å². The lowest BCUT2D eigenvalue weighted by Gasteiger charge is -2.14. The van der Waals surface area contributed by atoms with Crippen molar-refractivity contribution in [1.29, 1.82) is 0 Å². The van der Waals surface area contributed by atoms with Crippen molar-refractivity contribution in [2.45, 2.75) is 0 Å². The summed E-state index contributed by atoms with van der Waals surface area (Å²) in [7, 11) is 0. The number of hydrogen-bond acceptors (Lipinski definition) is 14. The van der Waals surface area contributed by atoms with Gasteiger partial charge in [0.1, 0.15) is 0 Å². The average molecular weight is 969 g/mol. The lowest BCUT2D eigenvalue weighted by molar-refractivity contribution is 0.330. The Hall–Kier alpha value is -9.99. The van der Waals surface area contributed by atoms with Crippen LogP contribution in [0.15, 0.2) is 158 Å². The second-order valence-electron chi connectivity index (χ2n) is 17.1. The smallest absolute Gasteiger partial charge is 0.208 e. The van der Waals surface area contributed by atoms with Crippen LogP contribution in [0.25, 0.3) is 115 Å². The predicted octanol–water partition coefficient (Wildman–Crippen LogP) is 12.4. The van der Waals surface area contributed by atoms with Gasteiger partial charge in [0.25, 0.3) is 0 Å². The third-order valence-electron chi connectivity index (χ3n) is 13.0. The minimum absolute atomic E-state index is 0.103. The summed E-state index contributed by atoms with van der Waals surface area (Å²) in [6.45, 7) is 0. The van der Waals surface area contributed by atoms with Crippen molar-refractivity contribution in [3.8, 4) is 131 Å². The molecule has 10 N–H and O–H groups in total.